The molecule has 2 N–H and O–H groups in total. The molecule has 3 heterocycles. The van der Waals surface area contributed by atoms with E-state index < -0.39 is 0 Å². The van der Waals surface area contributed by atoms with Crippen LogP contribution in [-0.4, -0.2) is 15.0 Å². The number of hydrogen-bond donors (Lipinski definition) is 2. The number of fused-ring (bicyclic) bond motifs is 3. The van der Waals surface area contributed by atoms with Crippen molar-refractivity contribution in [3.63, 3.8) is 0 Å². The van der Waals surface area contributed by atoms with E-state index in [-0.39, 0.29) is 0 Å². The zero-order chi connectivity index (χ0) is 23.1. The molecule has 0 amide bonds. The monoisotopic (exact) mass is 451 g/mol. The molecule has 0 aliphatic carbocycles. The van der Waals surface area contributed by atoms with E-state index in [1.165, 1.54) is 49.9 Å². The highest BCUT2D eigenvalue weighted by molar-refractivity contribution is 6.31. The molecule has 3 aromatic carbocycles. The van der Waals surface area contributed by atoms with Crippen LogP contribution in [0.2, 0.25) is 5.02 Å². The number of nitrogens with one attached hydrogen (secondary N) is 2. The Labute approximate surface area is 198 Å². The largest absolute Gasteiger partial charge is 0.359 e. The fourth-order valence-corrected chi connectivity index (χ4v) is 4.69. The van der Waals surface area contributed by atoms with Crippen LogP contribution in [0.4, 0.5) is 0 Å². The Balaban J connectivity index is 0.000000174. The summed E-state index contributed by atoms with van der Waals surface area (Å²) in [5.41, 5.74) is 10.7. The van der Waals surface area contributed by atoms with Crippen molar-refractivity contribution in [3.05, 3.63) is 100 Å². The van der Waals surface area contributed by atoms with Gasteiger partial charge in [-0.2, -0.15) is 0 Å². The van der Waals surface area contributed by atoms with Gasteiger partial charge >= 0.3 is 0 Å². The first-order chi connectivity index (χ1) is 15.9. The number of hydrogen-bond acceptors (Lipinski definition) is 1. The number of aromatic amines is 2. The summed E-state index contributed by atoms with van der Waals surface area (Å²) in [6.45, 7) is 8.43. The van der Waals surface area contributed by atoms with E-state index in [2.05, 4.69) is 91.2 Å². The molecule has 164 valence electrons. The normalized spacial score (nSPS) is 11.2. The number of halogens is 1. The van der Waals surface area contributed by atoms with Gasteiger partial charge in [0.25, 0.3) is 0 Å². The predicted molar refractivity (Wildman–Crippen MR) is 141 cm³/mol. The topological polar surface area (TPSA) is 44.5 Å². The van der Waals surface area contributed by atoms with Gasteiger partial charge in [-0.15, -0.1) is 0 Å². The van der Waals surface area contributed by atoms with Crippen molar-refractivity contribution in [2.75, 3.05) is 0 Å². The fraction of sp³-hybridized carbons (Fsp3) is 0.138. The molecule has 33 heavy (non-hydrogen) atoms. The zero-order valence-corrected chi connectivity index (χ0v) is 20.0. The Bertz CT molecular complexity index is 1620. The first-order valence-electron chi connectivity index (χ1n) is 11.1. The minimum absolute atomic E-state index is 0.712. The van der Waals surface area contributed by atoms with E-state index in [4.69, 9.17) is 11.6 Å². The van der Waals surface area contributed by atoms with Gasteiger partial charge in [0.05, 0.1) is 5.52 Å². The summed E-state index contributed by atoms with van der Waals surface area (Å²) in [5.74, 6) is 0. The van der Waals surface area contributed by atoms with Gasteiger partial charge in [-0.25, -0.2) is 0 Å². The highest BCUT2D eigenvalue weighted by Crippen LogP contribution is 2.36. The molecule has 0 spiro atoms. The van der Waals surface area contributed by atoms with Crippen LogP contribution >= 0.6 is 11.6 Å². The Morgan fingerprint density at radius 1 is 0.697 bits per heavy atom. The summed E-state index contributed by atoms with van der Waals surface area (Å²) in [6, 6.07) is 23.1. The minimum Gasteiger partial charge on any atom is -0.359 e. The van der Waals surface area contributed by atoms with Crippen LogP contribution in [0.1, 0.15) is 22.5 Å². The van der Waals surface area contributed by atoms with Crippen molar-refractivity contribution in [1.29, 1.82) is 0 Å². The summed E-state index contributed by atoms with van der Waals surface area (Å²) >= 11 is 6.10. The van der Waals surface area contributed by atoms with Crippen LogP contribution in [0.5, 0.6) is 0 Å². The number of aromatic nitrogens is 3. The highest BCUT2D eigenvalue weighted by atomic mass is 35.5. The maximum Gasteiger partial charge on any atom is 0.0723 e. The number of aryl methyl sites for hydroxylation is 4. The van der Waals surface area contributed by atoms with Crippen molar-refractivity contribution in [2.45, 2.75) is 27.7 Å². The summed E-state index contributed by atoms with van der Waals surface area (Å²) in [4.78, 5) is 11.2. The smallest absolute Gasteiger partial charge is 0.0723 e. The Morgan fingerprint density at radius 2 is 1.45 bits per heavy atom. The van der Waals surface area contributed by atoms with E-state index in [0.29, 0.717) is 5.02 Å². The number of pyridine rings is 1. The second-order valence-electron chi connectivity index (χ2n) is 8.74. The molecule has 0 bridgehead atoms. The lowest BCUT2D eigenvalue weighted by atomic mass is 9.98. The van der Waals surface area contributed by atoms with E-state index in [1.54, 1.807) is 0 Å². The lowest BCUT2D eigenvalue weighted by Crippen LogP contribution is -1.86. The second kappa shape index (κ2) is 8.42. The van der Waals surface area contributed by atoms with Gasteiger partial charge < -0.3 is 9.97 Å². The third kappa shape index (κ3) is 4.12. The summed E-state index contributed by atoms with van der Waals surface area (Å²) in [7, 11) is 0. The predicted octanol–water partition coefficient (Wildman–Crippen LogP) is 8.44. The van der Waals surface area contributed by atoms with Crippen LogP contribution in [0.15, 0.2) is 72.9 Å². The van der Waals surface area contributed by atoms with Crippen molar-refractivity contribution < 1.29 is 0 Å². The molecule has 0 fully saturated rings. The van der Waals surface area contributed by atoms with Crippen molar-refractivity contribution in [2.24, 2.45) is 0 Å². The average molecular weight is 452 g/mol. The van der Waals surface area contributed by atoms with Crippen LogP contribution in [0.25, 0.3) is 43.8 Å². The quantitative estimate of drug-likeness (QED) is 0.259. The van der Waals surface area contributed by atoms with Crippen LogP contribution in [-0.2, 0) is 0 Å². The van der Waals surface area contributed by atoms with E-state index >= 15 is 0 Å². The van der Waals surface area contributed by atoms with Crippen LogP contribution < -0.4 is 0 Å². The van der Waals surface area contributed by atoms with Gasteiger partial charge in [-0.1, -0.05) is 40.9 Å². The van der Waals surface area contributed by atoms with E-state index in [9.17, 15) is 0 Å². The lowest BCUT2D eigenvalue weighted by Gasteiger charge is -2.07. The molecular formula is C29H26ClN3. The Kier molecular flexibility index (Phi) is 5.43. The number of H-pyrrole nitrogens is 2. The summed E-state index contributed by atoms with van der Waals surface area (Å²) in [5, 5.41) is 4.39. The minimum atomic E-state index is 0.712. The molecular weight excluding hydrogens is 426 g/mol. The molecule has 0 saturated carbocycles. The molecule has 3 nitrogen and oxygen atoms in total. The van der Waals surface area contributed by atoms with E-state index in [1.807, 2.05) is 24.4 Å². The molecule has 6 rings (SSSR count). The zero-order valence-electron chi connectivity index (χ0n) is 19.3. The summed E-state index contributed by atoms with van der Waals surface area (Å²) < 4.78 is 0. The van der Waals surface area contributed by atoms with Crippen molar-refractivity contribution in [1.82, 2.24) is 15.0 Å². The number of benzene rings is 3. The fourth-order valence-electron chi connectivity index (χ4n) is 4.52. The maximum absolute atomic E-state index is 6.10. The maximum atomic E-state index is 6.10. The average Bonchev–Trinajstić information content (AvgIpc) is 3.30. The first kappa shape index (κ1) is 21.3. The highest BCUT2D eigenvalue weighted by Gasteiger charge is 2.13. The molecule has 6 aromatic rings. The van der Waals surface area contributed by atoms with Gasteiger partial charge in [0.15, 0.2) is 0 Å². The molecule has 0 atom stereocenters. The molecule has 4 heteroatoms. The van der Waals surface area contributed by atoms with Gasteiger partial charge in [0.2, 0.25) is 0 Å². The van der Waals surface area contributed by atoms with Crippen molar-refractivity contribution >= 4 is 44.3 Å². The van der Waals surface area contributed by atoms with E-state index in [0.717, 1.165) is 16.4 Å². The van der Waals surface area contributed by atoms with Gasteiger partial charge in [-0.3, -0.25) is 4.98 Å². The van der Waals surface area contributed by atoms with Gasteiger partial charge in [-0.05, 0) is 87.2 Å². The Hall–Kier alpha value is -3.56. The summed E-state index contributed by atoms with van der Waals surface area (Å²) in [6.07, 6.45) is 1.85. The standard InChI is InChI=1S/C19H15ClN2.C10H11N/c1-11-3-6-17-16(9-11)19(12(2)22-17)15-7-8-21-18-10-13(20)4-5-14(15)18;1-7-3-4-10-9(5-7)6-8(2)11-10/h3-10,22H,1-2H3;3-6,11H,1-2H3. The molecule has 0 saturated heterocycles. The van der Waals surface area contributed by atoms with Crippen LogP contribution in [0, 0.1) is 27.7 Å². The van der Waals surface area contributed by atoms with Crippen LogP contribution in [0.3, 0.4) is 0 Å². The first-order valence-corrected chi connectivity index (χ1v) is 11.5. The van der Waals surface area contributed by atoms with Gasteiger partial charge in [0, 0.05) is 50.0 Å². The second-order valence-corrected chi connectivity index (χ2v) is 9.17. The molecule has 0 aliphatic rings. The molecule has 3 aromatic heterocycles. The molecule has 0 radical (unpaired) electrons. The van der Waals surface area contributed by atoms with Crippen molar-refractivity contribution in [3.8, 4) is 11.1 Å². The lowest BCUT2D eigenvalue weighted by molar-refractivity contribution is 1.30. The number of nitrogens with zero attached hydrogens (tertiary/aromatic N) is 1. The SMILES string of the molecule is Cc1ccc2[nH]c(C)c(-c3ccnc4cc(Cl)ccc34)c2c1.Cc1ccc2[nH]c(C)cc2c1. The third-order valence-electron chi connectivity index (χ3n) is 6.03. The van der Waals surface area contributed by atoms with Gasteiger partial charge in [0.1, 0.15) is 0 Å². The molecule has 0 unspecified atom stereocenters. The molecule has 0 aliphatic heterocycles. The third-order valence-corrected chi connectivity index (χ3v) is 6.26. The Morgan fingerprint density at radius 3 is 2.27 bits per heavy atom. The number of rotatable bonds is 1.